The number of anilines is 1. The van der Waals surface area contributed by atoms with E-state index >= 15 is 0 Å². The van der Waals surface area contributed by atoms with Crippen LogP contribution in [0.2, 0.25) is 0 Å². The molecule has 0 amide bonds. The average molecular weight is 345 g/mol. The molecule has 3 rings (SSSR count). The van der Waals surface area contributed by atoms with E-state index in [2.05, 4.69) is 28.3 Å². The maximum atomic E-state index is 11.5. The number of hydrogen-bond donors (Lipinski definition) is 0. The van der Waals surface area contributed by atoms with Gasteiger partial charge >= 0.3 is 0 Å². The predicted octanol–water partition coefficient (Wildman–Crippen LogP) is 3.63. The molecular formula is C17H19N3OS2. The molecule has 0 N–H and O–H groups in total. The van der Waals surface area contributed by atoms with Gasteiger partial charge in [0.05, 0.1) is 5.39 Å². The molecule has 0 saturated heterocycles. The Bertz CT molecular complexity index is 843. The van der Waals surface area contributed by atoms with Crippen molar-refractivity contribution in [3.63, 3.8) is 0 Å². The third kappa shape index (κ3) is 3.43. The summed E-state index contributed by atoms with van der Waals surface area (Å²) in [5.74, 6) is 1.84. The Hall–Kier alpha value is -1.79. The van der Waals surface area contributed by atoms with Crippen LogP contribution in [0.1, 0.15) is 18.3 Å². The van der Waals surface area contributed by atoms with E-state index in [9.17, 15) is 4.21 Å². The van der Waals surface area contributed by atoms with Crippen LogP contribution in [0.15, 0.2) is 40.6 Å². The van der Waals surface area contributed by atoms with Crippen molar-refractivity contribution in [2.24, 2.45) is 0 Å². The number of aromatic nitrogens is 2. The van der Waals surface area contributed by atoms with Gasteiger partial charge in [-0.1, -0.05) is 19.1 Å². The summed E-state index contributed by atoms with van der Waals surface area (Å²) in [6, 6.07) is 9.99. The lowest BCUT2D eigenvalue weighted by molar-refractivity contribution is 0.687. The van der Waals surface area contributed by atoms with Crippen LogP contribution in [0.25, 0.3) is 10.2 Å². The van der Waals surface area contributed by atoms with Crippen molar-refractivity contribution in [2.45, 2.75) is 24.8 Å². The number of rotatable bonds is 5. The molecular weight excluding hydrogens is 326 g/mol. The van der Waals surface area contributed by atoms with Crippen LogP contribution in [0, 0.1) is 0 Å². The summed E-state index contributed by atoms with van der Waals surface area (Å²) >= 11 is 1.65. The number of benzene rings is 1. The molecule has 0 aliphatic rings. The van der Waals surface area contributed by atoms with Crippen LogP contribution in [0.5, 0.6) is 0 Å². The number of fused-ring (bicyclic) bond motifs is 1. The van der Waals surface area contributed by atoms with Gasteiger partial charge < -0.3 is 4.90 Å². The summed E-state index contributed by atoms with van der Waals surface area (Å²) in [7, 11) is 1.11. The van der Waals surface area contributed by atoms with Crippen molar-refractivity contribution in [3.8, 4) is 0 Å². The monoisotopic (exact) mass is 345 g/mol. The van der Waals surface area contributed by atoms with Crippen LogP contribution in [0.4, 0.5) is 5.82 Å². The molecule has 6 heteroatoms. The van der Waals surface area contributed by atoms with Gasteiger partial charge in [0.25, 0.3) is 0 Å². The van der Waals surface area contributed by atoms with E-state index in [1.807, 2.05) is 31.3 Å². The third-order valence-corrected chi connectivity index (χ3v) is 5.45. The fraction of sp³-hybridized carbons (Fsp3) is 0.294. The Morgan fingerprint density at radius 2 is 1.91 bits per heavy atom. The zero-order chi connectivity index (χ0) is 16.4. The van der Waals surface area contributed by atoms with E-state index in [1.54, 1.807) is 17.6 Å². The molecule has 0 saturated carbocycles. The van der Waals surface area contributed by atoms with Crippen molar-refractivity contribution >= 4 is 38.2 Å². The zero-order valence-electron chi connectivity index (χ0n) is 13.4. The van der Waals surface area contributed by atoms with Crippen molar-refractivity contribution < 1.29 is 4.21 Å². The summed E-state index contributed by atoms with van der Waals surface area (Å²) in [5.41, 5.74) is 1.17. The van der Waals surface area contributed by atoms with Gasteiger partial charge in [0, 0.05) is 42.0 Å². The number of thiophene rings is 1. The van der Waals surface area contributed by atoms with E-state index in [4.69, 9.17) is 4.98 Å². The summed E-state index contributed by atoms with van der Waals surface area (Å²) in [5, 5.41) is 3.16. The minimum atomic E-state index is -0.936. The van der Waals surface area contributed by atoms with Crippen LogP contribution < -0.4 is 4.90 Å². The van der Waals surface area contributed by atoms with Gasteiger partial charge in [-0.15, -0.1) is 11.3 Å². The first-order chi connectivity index (χ1) is 11.1. The average Bonchev–Trinajstić information content (AvgIpc) is 3.02. The second-order valence-electron chi connectivity index (χ2n) is 5.41. The van der Waals surface area contributed by atoms with Gasteiger partial charge in [0.1, 0.15) is 16.5 Å². The maximum absolute atomic E-state index is 11.5. The number of hydrogen-bond acceptors (Lipinski definition) is 5. The minimum absolute atomic E-state index is 0.752. The SMILES string of the molecule is CCc1nc(N(C)Cc2ccc(S(C)=O)cc2)c2ccsc2n1. The first-order valence-corrected chi connectivity index (χ1v) is 9.90. The molecule has 2 heterocycles. The second kappa shape index (κ2) is 6.76. The molecule has 3 aromatic rings. The van der Waals surface area contributed by atoms with Crippen LogP contribution in [0.3, 0.4) is 0 Å². The van der Waals surface area contributed by atoms with Crippen LogP contribution in [-0.4, -0.2) is 27.5 Å². The Balaban J connectivity index is 1.89. The Kier molecular flexibility index (Phi) is 4.73. The lowest BCUT2D eigenvalue weighted by Crippen LogP contribution is -2.18. The van der Waals surface area contributed by atoms with E-state index in [0.29, 0.717) is 0 Å². The zero-order valence-corrected chi connectivity index (χ0v) is 15.1. The van der Waals surface area contributed by atoms with Crippen molar-refractivity contribution in [1.29, 1.82) is 0 Å². The fourth-order valence-corrected chi connectivity index (χ4v) is 3.76. The molecule has 0 spiro atoms. The van der Waals surface area contributed by atoms with E-state index in [-0.39, 0.29) is 0 Å². The molecule has 1 atom stereocenters. The fourth-order valence-electron chi connectivity index (χ4n) is 2.47. The summed E-state index contributed by atoms with van der Waals surface area (Å²) in [6.07, 6.45) is 2.52. The third-order valence-electron chi connectivity index (χ3n) is 3.70. The highest BCUT2D eigenvalue weighted by atomic mass is 32.2. The van der Waals surface area contributed by atoms with Crippen LogP contribution >= 0.6 is 11.3 Å². The number of aryl methyl sites for hydroxylation is 1. The molecule has 4 nitrogen and oxygen atoms in total. The van der Waals surface area contributed by atoms with Crippen LogP contribution in [-0.2, 0) is 23.8 Å². The topological polar surface area (TPSA) is 46.1 Å². The molecule has 0 radical (unpaired) electrons. The number of nitrogens with zero attached hydrogens (tertiary/aromatic N) is 3. The van der Waals surface area contributed by atoms with E-state index in [1.165, 1.54) is 5.56 Å². The highest BCUT2D eigenvalue weighted by Crippen LogP contribution is 2.28. The predicted molar refractivity (Wildman–Crippen MR) is 97.7 cm³/mol. The molecule has 1 aromatic carbocycles. The van der Waals surface area contributed by atoms with Gasteiger partial charge in [-0.25, -0.2) is 9.97 Å². The molecule has 2 aromatic heterocycles. The smallest absolute Gasteiger partial charge is 0.141 e. The second-order valence-corrected chi connectivity index (χ2v) is 7.68. The van der Waals surface area contributed by atoms with E-state index in [0.717, 1.165) is 39.7 Å². The highest BCUT2D eigenvalue weighted by molar-refractivity contribution is 7.84. The Labute approximate surface area is 142 Å². The Morgan fingerprint density at radius 3 is 2.57 bits per heavy atom. The highest BCUT2D eigenvalue weighted by Gasteiger charge is 2.12. The molecule has 0 bridgehead atoms. The standard InChI is InChI=1S/C17H19N3OS2/c1-4-15-18-16(14-9-10-22-17(14)19-15)20(2)11-12-5-7-13(8-6-12)23(3)21/h5-10H,4,11H2,1-3H3. The molecule has 0 aliphatic heterocycles. The Morgan fingerprint density at radius 1 is 1.17 bits per heavy atom. The lowest BCUT2D eigenvalue weighted by Gasteiger charge is -2.20. The van der Waals surface area contributed by atoms with Gasteiger partial charge in [-0.3, -0.25) is 4.21 Å². The van der Waals surface area contributed by atoms with Crippen molar-refractivity contribution in [2.75, 3.05) is 18.2 Å². The van der Waals surface area contributed by atoms with Gasteiger partial charge in [0.2, 0.25) is 0 Å². The minimum Gasteiger partial charge on any atom is -0.355 e. The maximum Gasteiger partial charge on any atom is 0.141 e. The summed E-state index contributed by atoms with van der Waals surface area (Å²) < 4.78 is 11.5. The molecule has 0 fully saturated rings. The van der Waals surface area contributed by atoms with Gasteiger partial charge in [-0.05, 0) is 29.1 Å². The summed E-state index contributed by atoms with van der Waals surface area (Å²) in [6.45, 7) is 2.82. The normalized spacial score (nSPS) is 12.5. The van der Waals surface area contributed by atoms with Crippen molar-refractivity contribution in [1.82, 2.24) is 9.97 Å². The van der Waals surface area contributed by atoms with Gasteiger partial charge in [-0.2, -0.15) is 0 Å². The quantitative estimate of drug-likeness (QED) is 0.708. The van der Waals surface area contributed by atoms with E-state index < -0.39 is 10.8 Å². The molecule has 0 aliphatic carbocycles. The molecule has 1 unspecified atom stereocenters. The lowest BCUT2D eigenvalue weighted by atomic mass is 10.2. The molecule has 23 heavy (non-hydrogen) atoms. The molecule has 120 valence electrons. The summed E-state index contributed by atoms with van der Waals surface area (Å²) in [4.78, 5) is 13.3. The largest absolute Gasteiger partial charge is 0.355 e. The van der Waals surface area contributed by atoms with Gasteiger partial charge in [0.15, 0.2) is 0 Å². The van der Waals surface area contributed by atoms with Crippen molar-refractivity contribution in [3.05, 3.63) is 47.1 Å². The first kappa shape index (κ1) is 16.1. The first-order valence-electron chi connectivity index (χ1n) is 7.46.